The lowest BCUT2D eigenvalue weighted by Gasteiger charge is -2.25. The monoisotopic (exact) mass is 157 g/mol. The van der Waals surface area contributed by atoms with Crippen molar-refractivity contribution < 1.29 is 9.90 Å². The zero-order valence-electron chi connectivity index (χ0n) is 7.22. The molecule has 1 aliphatic heterocycles. The summed E-state index contributed by atoms with van der Waals surface area (Å²) < 4.78 is 0. The highest BCUT2D eigenvalue weighted by Crippen LogP contribution is 2.29. The molecular formula is C8H15NO2. The molecule has 2 N–H and O–H groups in total. The summed E-state index contributed by atoms with van der Waals surface area (Å²) in [7, 11) is 0. The Labute approximate surface area is 66.8 Å². The van der Waals surface area contributed by atoms with Gasteiger partial charge in [0.1, 0.15) is 0 Å². The van der Waals surface area contributed by atoms with E-state index in [1.807, 2.05) is 13.8 Å². The highest BCUT2D eigenvalue weighted by Gasteiger charge is 2.47. The standard InChI is InChI=1S/C8H15NO2/c1-4-6-7(10)9-5(2)8(6,3)11/h5-6,11H,4H2,1-3H3,(H,9,10). The molecule has 0 aromatic rings. The van der Waals surface area contributed by atoms with Crippen molar-refractivity contribution in [2.75, 3.05) is 0 Å². The SMILES string of the molecule is CCC1C(=O)NC(C)C1(C)O. The summed E-state index contributed by atoms with van der Waals surface area (Å²) in [4.78, 5) is 11.2. The molecule has 1 saturated heterocycles. The summed E-state index contributed by atoms with van der Waals surface area (Å²) >= 11 is 0. The Kier molecular flexibility index (Phi) is 1.92. The van der Waals surface area contributed by atoms with Crippen molar-refractivity contribution in [1.82, 2.24) is 5.32 Å². The molecular weight excluding hydrogens is 142 g/mol. The van der Waals surface area contributed by atoms with Gasteiger partial charge in [0.2, 0.25) is 5.91 Å². The number of hydrogen-bond acceptors (Lipinski definition) is 2. The first kappa shape index (κ1) is 8.53. The van der Waals surface area contributed by atoms with Gasteiger partial charge in [-0.2, -0.15) is 0 Å². The maximum Gasteiger partial charge on any atom is 0.226 e. The van der Waals surface area contributed by atoms with Crippen molar-refractivity contribution in [3.8, 4) is 0 Å². The molecule has 0 aliphatic carbocycles. The zero-order valence-corrected chi connectivity index (χ0v) is 7.22. The van der Waals surface area contributed by atoms with Crippen LogP contribution in [0.15, 0.2) is 0 Å². The lowest BCUT2D eigenvalue weighted by atomic mass is 9.86. The molecule has 0 aromatic heterocycles. The van der Waals surface area contributed by atoms with Gasteiger partial charge in [0.15, 0.2) is 0 Å². The molecule has 3 nitrogen and oxygen atoms in total. The van der Waals surface area contributed by atoms with E-state index in [0.717, 1.165) is 0 Å². The summed E-state index contributed by atoms with van der Waals surface area (Å²) in [6.07, 6.45) is 0.698. The van der Waals surface area contributed by atoms with Gasteiger partial charge < -0.3 is 10.4 Å². The Morgan fingerprint density at radius 3 is 2.45 bits per heavy atom. The number of aliphatic hydroxyl groups is 1. The van der Waals surface area contributed by atoms with Gasteiger partial charge in [-0.15, -0.1) is 0 Å². The van der Waals surface area contributed by atoms with E-state index in [2.05, 4.69) is 5.32 Å². The van der Waals surface area contributed by atoms with Gasteiger partial charge in [-0.1, -0.05) is 6.92 Å². The van der Waals surface area contributed by atoms with Crippen LogP contribution in [0.1, 0.15) is 27.2 Å². The molecule has 0 radical (unpaired) electrons. The predicted molar refractivity (Wildman–Crippen MR) is 42.0 cm³/mol. The third-order valence-electron chi connectivity index (χ3n) is 2.67. The topological polar surface area (TPSA) is 49.3 Å². The van der Waals surface area contributed by atoms with E-state index in [-0.39, 0.29) is 17.9 Å². The van der Waals surface area contributed by atoms with E-state index >= 15 is 0 Å². The van der Waals surface area contributed by atoms with Gasteiger partial charge >= 0.3 is 0 Å². The molecule has 1 rings (SSSR count). The quantitative estimate of drug-likeness (QED) is 0.574. The first-order valence-corrected chi connectivity index (χ1v) is 4.03. The van der Waals surface area contributed by atoms with Gasteiger partial charge in [-0.25, -0.2) is 0 Å². The third-order valence-corrected chi connectivity index (χ3v) is 2.67. The van der Waals surface area contributed by atoms with E-state index < -0.39 is 5.60 Å². The molecule has 0 saturated carbocycles. The van der Waals surface area contributed by atoms with Crippen molar-refractivity contribution in [3.05, 3.63) is 0 Å². The van der Waals surface area contributed by atoms with E-state index in [1.165, 1.54) is 0 Å². The van der Waals surface area contributed by atoms with Gasteiger partial charge in [0.25, 0.3) is 0 Å². The average molecular weight is 157 g/mol. The van der Waals surface area contributed by atoms with E-state index in [0.29, 0.717) is 6.42 Å². The van der Waals surface area contributed by atoms with Gasteiger partial charge in [0.05, 0.1) is 17.6 Å². The Balaban J connectivity index is 2.84. The third kappa shape index (κ3) is 1.13. The smallest absolute Gasteiger partial charge is 0.226 e. The molecule has 1 aliphatic rings. The molecule has 64 valence electrons. The van der Waals surface area contributed by atoms with Gasteiger partial charge in [-0.3, -0.25) is 4.79 Å². The highest BCUT2D eigenvalue weighted by atomic mass is 16.3. The predicted octanol–water partition coefficient (Wildman–Crippen LogP) is 0.282. The fraction of sp³-hybridized carbons (Fsp3) is 0.875. The number of carbonyl (C=O) groups is 1. The Morgan fingerprint density at radius 2 is 2.27 bits per heavy atom. The van der Waals surface area contributed by atoms with Crippen LogP contribution in [0.2, 0.25) is 0 Å². The first-order chi connectivity index (χ1) is 5.00. The molecule has 0 aromatic carbocycles. The molecule has 1 amide bonds. The molecule has 1 fully saturated rings. The van der Waals surface area contributed by atoms with Crippen LogP contribution in [-0.2, 0) is 4.79 Å². The van der Waals surface area contributed by atoms with Crippen LogP contribution in [0.5, 0.6) is 0 Å². The lowest BCUT2D eigenvalue weighted by Crippen LogP contribution is -2.40. The van der Waals surface area contributed by atoms with Crippen molar-refractivity contribution in [2.24, 2.45) is 5.92 Å². The van der Waals surface area contributed by atoms with Gasteiger partial charge in [0, 0.05) is 0 Å². The maximum atomic E-state index is 11.2. The van der Waals surface area contributed by atoms with Crippen molar-refractivity contribution >= 4 is 5.91 Å². The van der Waals surface area contributed by atoms with Crippen molar-refractivity contribution in [2.45, 2.75) is 38.8 Å². The Morgan fingerprint density at radius 1 is 1.73 bits per heavy atom. The number of rotatable bonds is 1. The van der Waals surface area contributed by atoms with Crippen LogP contribution in [0.25, 0.3) is 0 Å². The fourth-order valence-electron chi connectivity index (χ4n) is 1.63. The Hall–Kier alpha value is -0.570. The second kappa shape index (κ2) is 2.48. The normalized spacial score (nSPS) is 44.2. The van der Waals surface area contributed by atoms with Crippen LogP contribution in [0, 0.1) is 5.92 Å². The minimum atomic E-state index is -0.869. The number of nitrogens with one attached hydrogen (secondary N) is 1. The molecule has 1 heterocycles. The van der Waals surface area contributed by atoms with E-state index in [9.17, 15) is 9.90 Å². The molecule has 0 bridgehead atoms. The summed E-state index contributed by atoms with van der Waals surface area (Å²) in [6.45, 7) is 5.45. The van der Waals surface area contributed by atoms with Crippen LogP contribution in [-0.4, -0.2) is 22.7 Å². The van der Waals surface area contributed by atoms with Crippen LogP contribution < -0.4 is 5.32 Å². The Bertz CT molecular complexity index is 177. The number of hydrogen-bond donors (Lipinski definition) is 2. The highest BCUT2D eigenvalue weighted by molar-refractivity contribution is 5.83. The summed E-state index contributed by atoms with van der Waals surface area (Å²) in [5.41, 5.74) is -0.869. The molecule has 0 spiro atoms. The number of carbonyl (C=O) groups excluding carboxylic acids is 1. The molecule has 3 atom stereocenters. The van der Waals surface area contributed by atoms with E-state index in [4.69, 9.17) is 0 Å². The molecule has 3 heteroatoms. The minimum absolute atomic E-state index is 0.0231. The summed E-state index contributed by atoms with van der Waals surface area (Å²) in [5.74, 6) is -0.262. The maximum absolute atomic E-state index is 11.2. The van der Waals surface area contributed by atoms with Crippen LogP contribution in [0.3, 0.4) is 0 Å². The fourth-order valence-corrected chi connectivity index (χ4v) is 1.63. The minimum Gasteiger partial charge on any atom is -0.387 e. The summed E-state index contributed by atoms with van der Waals surface area (Å²) in [5, 5.41) is 12.5. The summed E-state index contributed by atoms with van der Waals surface area (Å²) in [6, 6.07) is -0.125. The average Bonchev–Trinajstić information content (AvgIpc) is 2.04. The van der Waals surface area contributed by atoms with Crippen molar-refractivity contribution in [1.29, 1.82) is 0 Å². The molecule has 11 heavy (non-hydrogen) atoms. The molecule has 3 unspecified atom stereocenters. The number of amides is 1. The van der Waals surface area contributed by atoms with E-state index in [1.54, 1.807) is 6.92 Å². The van der Waals surface area contributed by atoms with Crippen LogP contribution >= 0.6 is 0 Å². The largest absolute Gasteiger partial charge is 0.387 e. The lowest BCUT2D eigenvalue weighted by molar-refractivity contribution is -0.125. The second-order valence-corrected chi connectivity index (χ2v) is 3.42. The van der Waals surface area contributed by atoms with Crippen molar-refractivity contribution in [3.63, 3.8) is 0 Å². The van der Waals surface area contributed by atoms with Crippen LogP contribution in [0.4, 0.5) is 0 Å². The van der Waals surface area contributed by atoms with Gasteiger partial charge in [-0.05, 0) is 20.3 Å². The second-order valence-electron chi connectivity index (χ2n) is 3.42. The zero-order chi connectivity index (χ0) is 8.65. The first-order valence-electron chi connectivity index (χ1n) is 4.03.